The first kappa shape index (κ1) is 10.0. The summed E-state index contributed by atoms with van der Waals surface area (Å²) in [7, 11) is 0. The average Bonchev–Trinajstić information content (AvgIpc) is 2.65. The highest BCUT2D eigenvalue weighted by atomic mass is 16.5. The Bertz CT molecular complexity index is 383. The summed E-state index contributed by atoms with van der Waals surface area (Å²) in [6.07, 6.45) is 2.22. The number of aliphatic hydroxyl groups excluding tert-OH is 1. The second kappa shape index (κ2) is 4.33. The van der Waals surface area contributed by atoms with Crippen molar-refractivity contribution in [3.05, 3.63) is 29.8 Å². The molecule has 1 saturated carbocycles. The van der Waals surface area contributed by atoms with Crippen LogP contribution in [-0.2, 0) is 0 Å². The normalized spacial score (nSPS) is 24.8. The molecule has 2 atom stereocenters. The molecule has 1 N–H and O–H groups in total. The van der Waals surface area contributed by atoms with Gasteiger partial charge in [-0.25, -0.2) is 0 Å². The van der Waals surface area contributed by atoms with Gasteiger partial charge >= 0.3 is 0 Å². The monoisotopic (exact) mass is 203 g/mol. The van der Waals surface area contributed by atoms with E-state index in [4.69, 9.17) is 10.00 Å². The van der Waals surface area contributed by atoms with Gasteiger partial charge in [0.15, 0.2) is 0 Å². The van der Waals surface area contributed by atoms with Crippen LogP contribution in [0, 0.1) is 11.3 Å². The number of aliphatic hydroxyl groups is 1. The molecule has 0 aliphatic heterocycles. The van der Waals surface area contributed by atoms with Gasteiger partial charge in [-0.05, 0) is 37.5 Å². The van der Waals surface area contributed by atoms with E-state index in [9.17, 15) is 5.11 Å². The Balaban J connectivity index is 2.07. The summed E-state index contributed by atoms with van der Waals surface area (Å²) in [5.74, 6) is 0.667. The van der Waals surface area contributed by atoms with Crippen LogP contribution in [0.15, 0.2) is 24.3 Å². The largest absolute Gasteiger partial charge is 0.488 e. The van der Waals surface area contributed by atoms with Crippen molar-refractivity contribution in [2.75, 3.05) is 0 Å². The zero-order valence-electron chi connectivity index (χ0n) is 8.39. The second-order valence-corrected chi connectivity index (χ2v) is 3.79. The van der Waals surface area contributed by atoms with E-state index in [0.29, 0.717) is 11.3 Å². The van der Waals surface area contributed by atoms with Crippen LogP contribution < -0.4 is 4.74 Å². The number of nitrogens with zero attached hydrogens (tertiary/aromatic N) is 1. The summed E-state index contributed by atoms with van der Waals surface area (Å²) in [6.45, 7) is 0. The predicted octanol–water partition coefficient (Wildman–Crippen LogP) is 1.85. The molecule has 0 bridgehead atoms. The van der Waals surface area contributed by atoms with Crippen LogP contribution in [0.2, 0.25) is 0 Å². The fourth-order valence-corrected chi connectivity index (χ4v) is 1.86. The van der Waals surface area contributed by atoms with Gasteiger partial charge in [-0.2, -0.15) is 5.26 Å². The van der Waals surface area contributed by atoms with E-state index in [1.165, 1.54) is 0 Å². The average molecular weight is 203 g/mol. The van der Waals surface area contributed by atoms with E-state index in [1.54, 1.807) is 18.2 Å². The molecule has 0 spiro atoms. The lowest BCUT2D eigenvalue weighted by Crippen LogP contribution is -2.25. The predicted molar refractivity (Wildman–Crippen MR) is 55.4 cm³/mol. The Labute approximate surface area is 88.9 Å². The fraction of sp³-hybridized carbons (Fsp3) is 0.417. The maximum absolute atomic E-state index is 9.59. The maximum Gasteiger partial charge on any atom is 0.124 e. The SMILES string of the molecule is N#Cc1cccc(O[C@@H]2CCC[C@H]2O)c1. The van der Waals surface area contributed by atoms with Crippen LogP contribution in [0.5, 0.6) is 5.75 Å². The second-order valence-electron chi connectivity index (χ2n) is 3.79. The molecule has 0 amide bonds. The fourth-order valence-electron chi connectivity index (χ4n) is 1.86. The molecule has 0 radical (unpaired) electrons. The zero-order valence-corrected chi connectivity index (χ0v) is 8.39. The first-order valence-electron chi connectivity index (χ1n) is 5.14. The van der Waals surface area contributed by atoms with Gasteiger partial charge in [0.05, 0.1) is 17.7 Å². The van der Waals surface area contributed by atoms with Gasteiger partial charge in [0.25, 0.3) is 0 Å². The molecular weight excluding hydrogens is 190 g/mol. The van der Waals surface area contributed by atoms with E-state index < -0.39 is 0 Å². The molecule has 15 heavy (non-hydrogen) atoms. The molecule has 1 aliphatic rings. The third-order valence-corrected chi connectivity index (χ3v) is 2.67. The molecular formula is C12H13NO2. The third kappa shape index (κ3) is 2.28. The molecule has 0 aromatic heterocycles. The van der Waals surface area contributed by atoms with Crippen LogP contribution in [0.25, 0.3) is 0 Å². The highest BCUT2D eigenvalue weighted by Gasteiger charge is 2.26. The topological polar surface area (TPSA) is 53.2 Å². The van der Waals surface area contributed by atoms with Gasteiger partial charge in [0.2, 0.25) is 0 Å². The molecule has 0 heterocycles. The highest BCUT2D eigenvalue weighted by molar-refractivity contribution is 5.36. The van der Waals surface area contributed by atoms with Crippen LogP contribution in [0.4, 0.5) is 0 Å². The van der Waals surface area contributed by atoms with Gasteiger partial charge in [-0.15, -0.1) is 0 Å². The molecule has 1 aromatic carbocycles. The summed E-state index contributed by atoms with van der Waals surface area (Å²) >= 11 is 0. The number of rotatable bonds is 2. The molecule has 1 fully saturated rings. The Morgan fingerprint density at radius 1 is 1.40 bits per heavy atom. The van der Waals surface area contributed by atoms with Crippen LogP contribution >= 0.6 is 0 Å². The lowest BCUT2D eigenvalue weighted by atomic mass is 10.2. The third-order valence-electron chi connectivity index (χ3n) is 2.67. The summed E-state index contributed by atoms with van der Waals surface area (Å²) < 4.78 is 5.63. The van der Waals surface area contributed by atoms with Gasteiger partial charge in [-0.1, -0.05) is 6.07 Å². The zero-order chi connectivity index (χ0) is 10.7. The minimum atomic E-state index is -0.365. The summed E-state index contributed by atoms with van der Waals surface area (Å²) in [5.41, 5.74) is 0.583. The molecule has 0 unspecified atom stereocenters. The number of nitriles is 1. The molecule has 3 heteroatoms. The van der Waals surface area contributed by atoms with Gasteiger partial charge in [0, 0.05) is 0 Å². The van der Waals surface area contributed by atoms with Crippen molar-refractivity contribution in [3.8, 4) is 11.8 Å². The maximum atomic E-state index is 9.59. The molecule has 3 nitrogen and oxygen atoms in total. The van der Waals surface area contributed by atoms with Crippen LogP contribution in [-0.4, -0.2) is 17.3 Å². The van der Waals surface area contributed by atoms with Crippen LogP contribution in [0.1, 0.15) is 24.8 Å². The number of ether oxygens (including phenoxy) is 1. The number of benzene rings is 1. The van der Waals surface area contributed by atoms with E-state index in [0.717, 1.165) is 19.3 Å². The first-order valence-corrected chi connectivity index (χ1v) is 5.14. The van der Waals surface area contributed by atoms with E-state index in [2.05, 4.69) is 6.07 Å². The van der Waals surface area contributed by atoms with Crippen molar-refractivity contribution >= 4 is 0 Å². The lowest BCUT2D eigenvalue weighted by Gasteiger charge is -2.16. The Hall–Kier alpha value is -1.53. The lowest BCUT2D eigenvalue weighted by molar-refractivity contribution is 0.0604. The highest BCUT2D eigenvalue weighted by Crippen LogP contribution is 2.24. The molecule has 0 saturated heterocycles. The number of hydrogen-bond donors (Lipinski definition) is 1. The standard InChI is InChI=1S/C12H13NO2/c13-8-9-3-1-4-10(7-9)15-12-6-2-5-11(12)14/h1,3-4,7,11-12,14H,2,5-6H2/t11-,12-/m1/s1. The van der Waals surface area contributed by atoms with Crippen molar-refractivity contribution in [1.29, 1.82) is 5.26 Å². The molecule has 1 aromatic rings. The quantitative estimate of drug-likeness (QED) is 0.798. The molecule has 78 valence electrons. The molecule has 2 rings (SSSR count). The Morgan fingerprint density at radius 3 is 2.93 bits per heavy atom. The summed E-state index contributed by atoms with van der Waals surface area (Å²) in [6, 6.07) is 9.09. The van der Waals surface area contributed by atoms with Crippen molar-refractivity contribution < 1.29 is 9.84 Å². The minimum absolute atomic E-state index is 0.112. The van der Waals surface area contributed by atoms with Crippen molar-refractivity contribution in [1.82, 2.24) is 0 Å². The van der Waals surface area contributed by atoms with Gasteiger partial charge in [-0.3, -0.25) is 0 Å². The Kier molecular flexibility index (Phi) is 2.89. The Morgan fingerprint density at radius 2 is 2.27 bits per heavy atom. The van der Waals surface area contributed by atoms with E-state index in [1.807, 2.05) is 6.07 Å². The molecule has 1 aliphatic carbocycles. The summed E-state index contributed by atoms with van der Waals surface area (Å²) in [5, 5.41) is 18.3. The van der Waals surface area contributed by atoms with E-state index >= 15 is 0 Å². The smallest absolute Gasteiger partial charge is 0.124 e. The van der Waals surface area contributed by atoms with Gasteiger partial charge < -0.3 is 9.84 Å². The van der Waals surface area contributed by atoms with Crippen molar-refractivity contribution in [2.24, 2.45) is 0 Å². The first-order chi connectivity index (χ1) is 7.29. The van der Waals surface area contributed by atoms with Crippen LogP contribution in [0.3, 0.4) is 0 Å². The van der Waals surface area contributed by atoms with Crippen molar-refractivity contribution in [3.63, 3.8) is 0 Å². The minimum Gasteiger partial charge on any atom is -0.488 e. The van der Waals surface area contributed by atoms with E-state index in [-0.39, 0.29) is 12.2 Å². The van der Waals surface area contributed by atoms with Gasteiger partial charge in [0.1, 0.15) is 11.9 Å². The number of hydrogen-bond acceptors (Lipinski definition) is 3. The van der Waals surface area contributed by atoms with Crippen molar-refractivity contribution in [2.45, 2.75) is 31.5 Å². The summed E-state index contributed by atoms with van der Waals surface area (Å²) in [4.78, 5) is 0.